The molecule has 0 saturated carbocycles. The van der Waals surface area contributed by atoms with Crippen molar-refractivity contribution in [2.24, 2.45) is 0 Å². The van der Waals surface area contributed by atoms with Crippen LogP contribution >= 0.6 is 0 Å². The van der Waals surface area contributed by atoms with Gasteiger partial charge in [0.15, 0.2) is 6.23 Å². The largest absolute Gasteiger partial charge is 0.394 e. The van der Waals surface area contributed by atoms with Crippen LogP contribution in [0.5, 0.6) is 0 Å². The summed E-state index contributed by atoms with van der Waals surface area (Å²) < 4.78 is 6.31. The Kier molecular flexibility index (Phi) is 5.85. The summed E-state index contributed by atoms with van der Waals surface area (Å²) in [5.74, 6) is -0.370. The summed E-state index contributed by atoms with van der Waals surface area (Å²) >= 11 is 0. The number of nitrogens with zero attached hydrogens (tertiary/aromatic N) is 2. The molecule has 2 aromatic rings. The number of benzene rings is 1. The number of carbonyl (C=O) groups is 1. The van der Waals surface area contributed by atoms with Crippen molar-refractivity contribution in [1.29, 1.82) is 0 Å². The van der Waals surface area contributed by atoms with Crippen LogP contribution in [0.2, 0.25) is 0 Å². The fraction of sp³-hybridized carbons (Fsp3) is 0.450. The minimum absolute atomic E-state index is 0.0312. The Hall–Kier alpha value is -2.59. The first-order valence-electron chi connectivity index (χ1n) is 9.25. The summed E-state index contributed by atoms with van der Waals surface area (Å²) in [4.78, 5) is 28.5. The van der Waals surface area contributed by atoms with Crippen LogP contribution in [0.1, 0.15) is 42.9 Å². The zero-order chi connectivity index (χ0) is 21.3. The van der Waals surface area contributed by atoms with Crippen LogP contribution in [0.15, 0.2) is 41.3 Å². The molecule has 0 radical (unpaired) electrons. The van der Waals surface area contributed by atoms with Gasteiger partial charge in [0.1, 0.15) is 24.1 Å². The highest BCUT2D eigenvalue weighted by Gasteiger charge is 2.43. The number of nitrogens with one attached hydrogen (secondary N) is 1. The molecule has 156 valence electrons. The molecule has 9 nitrogen and oxygen atoms in total. The standard InChI is InChI=1S/C20H25N3O6/c1-20(2,3)12-6-4-11(5-7-12)17(27)21-14-8-9-23(19(28)22-14)18-16(26)15(25)13(10-24)29-18/h4-9,13,15-16,18,24-26H,10H2,1-3H3,(H,21,22,27,28)/t13-,15?,16?,18-/m1/s1. The number of rotatable bonds is 4. The van der Waals surface area contributed by atoms with Crippen LogP contribution < -0.4 is 11.0 Å². The Bertz CT molecular complexity index is 934. The maximum atomic E-state index is 12.4. The molecule has 1 aliphatic heterocycles. The molecule has 1 amide bonds. The predicted molar refractivity (Wildman–Crippen MR) is 105 cm³/mol. The first kappa shape index (κ1) is 21.1. The predicted octanol–water partition coefficient (Wildman–Crippen LogP) is 0.405. The second-order valence-electron chi connectivity index (χ2n) is 8.01. The highest BCUT2D eigenvalue weighted by molar-refractivity contribution is 6.03. The third-order valence-electron chi connectivity index (χ3n) is 4.88. The quantitative estimate of drug-likeness (QED) is 0.581. The van der Waals surface area contributed by atoms with Crippen LogP contribution in [-0.4, -0.2) is 55.7 Å². The molecule has 1 aliphatic rings. The van der Waals surface area contributed by atoms with Crippen LogP contribution in [0.25, 0.3) is 0 Å². The van der Waals surface area contributed by atoms with Crippen molar-refractivity contribution in [1.82, 2.24) is 9.55 Å². The van der Waals surface area contributed by atoms with Gasteiger partial charge >= 0.3 is 5.69 Å². The van der Waals surface area contributed by atoms with Gasteiger partial charge in [-0.2, -0.15) is 4.98 Å². The van der Waals surface area contributed by atoms with Crippen molar-refractivity contribution >= 4 is 11.7 Å². The molecule has 4 N–H and O–H groups in total. The maximum Gasteiger partial charge on any atom is 0.351 e. The summed E-state index contributed by atoms with van der Waals surface area (Å²) in [7, 11) is 0. The normalized spacial score (nSPS) is 24.5. The number of hydrogen-bond donors (Lipinski definition) is 4. The molecular weight excluding hydrogens is 378 g/mol. The second kappa shape index (κ2) is 8.03. The number of aliphatic hydroxyl groups is 3. The minimum Gasteiger partial charge on any atom is -0.394 e. The minimum atomic E-state index is -1.39. The first-order chi connectivity index (χ1) is 13.6. The highest BCUT2D eigenvalue weighted by Crippen LogP contribution is 2.28. The number of carbonyl (C=O) groups excluding carboxylic acids is 1. The Balaban J connectivity index is 1.74. The lowest BCUT2D eigenvalue weighted by Crippen LogP contribution is -2.36. The lowest BCUT2D eigenvalue weighted by molar-refractivity contribution is -0.0549. The van der Waals surface area contributed by atoms with Gasteiger partial charge in [-0.3, -0.25) is 9.36 Å². The van der Waals surface area contributed by atoms with E-state index >= 15 is 0 Å². The van der Waals surface area contributed by atoms with Gasteiger partial charge in [-0.05, 0) is 29.2 Å². The summed E-state index contributed by atoms with van der Waals surface area (Å²) in [6.07, 6.45) is -3.61. The monoisotopic (exact) mass is 403 g/mol. The zero-order valence-corrected chi connectivity index (χ0v) is 16.4. The highest BCUT2D eigenvalue weighted by atomic mass is 16.6. The van der Waals surface area contributed by atoms with Gasteiger partial charge in [0, 0.05) is 11.8 Å². The lowest BCUT2D eigenvalue weighted by atomic mass is 9.87. The van der Waals surface area contributed by atoms with E-state index in [2.05, 4.69) is 31.1 Å². The van der Waals surface area contributed by atoms with Gasteiger partial charge in [-0.25, -0.2) is 4.79 Å². The van der Waals surface area contributed by atoms with Gasteiger partial charge < -0.3 is 25.4 Å². The molecule has 0 spiro atoms. The van der Waals surface area contributed by atoms with E-state index in [9.17, 15) is 19.8 Å². The van der Waals surface area contributed by atoms with E-state index in [0.29, 0.717) is 5.56 Å². The molecule has 2 heterocycles. The van der Waals surface area contributed by atoms with Crippen molar-refractivity contribution in [3.05, 3.63) is 58.1 Å². The van der Waals surface area contributed by atoms with Crippen molar-refractivity contribution < 1.29 is 24.9 Å². The molecule has 1 aromatic carbocycles. The van der Waals surface area contributed by atoms with Crippen LogP contribution in [0.3, 0.4) is 0 Å². The molecule has 4 atom stereocenters. The summed E-state index contributed by atoms with van der Waals surface area (Å²) in [5.41, 5.74) is 0.706. The van der Waals surface area contributed by atoms with E-state index in [-0.39, 0.29) is 11.2 Å². The Labute approximate surface area is 167 Å². The number of aromatic nitrogens is 2. The smallest absolute Gasteiger partial charge is 0.351 e. The summed E-state index contributed by atoms with van der Waals surface area (Å²) in [6, 6.07) is 8.55. The van der Waals surface area contributed by atoms with Gasteiger partial charge in [0.05, 0.1) is 6.61 Å². The molecule has 0 aliphatic carbocycles. The number of anilines is 1. The molecule has 1 saturated heterocycles. The van der Waals surface area contributed by atoms with Crippen LogP contribution in [0.4, 0.5) is 5.82 Å². The molecule has 9 heteroatoms. The van der Waals surface area contributed by atoms with Crippen molar-refractivity contribution in [2.75, 3.05) is 11.9 Å². The van der Waals surface area contributed by atoms with Gasteiger partial charge in [-0.1, -0.05) is 32.9 Å². The Morgan fingerprint density at radius 1 is 1.17 bits per heavy atom. The van der Waals surface area contributed by atoms with Crippen LogP contribution in [-0.2, 0) is 10.2 Å². The third-order valence-corrected chi connectivity index (χ3v) is 4.88. The Morgan fingerprint density at radius 2 is 1.83 bits per heavy atom. The molecule has 0 bridgehead atoms. The second-order valence-corrected chi connectivity index (χ2v) is 8.01. The molecule has 3 rings (SSSR count). The maximum absolute atomic E-state index is 12.4. The number of amides is 1. The van der Waals surface area contributed by atoms with E-state index in [4.69, 9.17) is 9.84 Å². The van der Waals surface area contributed by atoms with Gasteiger partial charge in [0.25, 0.3) is 5.91 Å². The van der Waals surface area contributed by atoms with E-state index < -0.39 is 42.7 Å². The van der Waals surface area contributed by atoms with E-state index in [1.807, 2.05) is 12.1 Å². The van der Waals surface area contributed by atoms with Crippen LogP contribution in [0, 0.1) is 0 Å². The number of aliphatic hydroxyl groups excluding tert-OH is 3. The fourth-order valence-electron chi connectivity index (χ4n) is 3.10. The van der Waals surface area contributed by atoms with Gasteiger partial charge in [-0.15, -0.1) is 0 Å². The van der Waals surface area contributed by atoms with E-state index in [1.165, 1.54) is 12.3 Å². The number of ether oxygens (including phenoxy) is 1. The summed E-state index contributed by atoms with van der Waals surface area (Å²) in [5, 5.41) is 31.6. The fourth-order valence-corrected chi connectivity index (χ4v) is 3.10. The summed E-state index contributed by atoms with van der Waals surface area (Å²) in [6.45, 7) is 5.73. The average Bonchev–Trinajstić information content (AvgIpc) is 2.96. The SMILES string of the molecule is CC(C)(C)c1ccc(C(=O)Nc2ccn([C@@H]3O[C@H](CO)C(O)C3O)c(=O)n2)cc1. The average molecular weight is 403 g/mol. The van der Waals surface area contributed by atoms with Crippen molar-refractivity contribution in [3.63, 3.8) is 0 Å². The van der Waals surface area contributed by atoms with E-state index in [1.54, 1.807) is 12.1 Å². The molecular formula is C20H25N3O6. The third kappa shape index (κ3) is 4.38. The zero-order valence-electron chi connectivity index (χ0n) is 16.4. The van der Waals surface area contributed by atoms with Crippen molar-refractivity contribution in [3.8, 4) is 0 Å². The van der Waals surface area contributed by atoms with E-state index in [0.717, 1.165) is 10.1 Å². The Morgan fingerprint density at radius 3 is 2.34 bits per heavy atom. The first-order valence-corrected chi connectivity index (χ1v) is 9.25. The molecule has 29 heavy (non-hydrogen) atoms. The van der Waals surface area contributed by atoms with Crippen molar-refractivity contribution in [2.45, 2.75) is 50.7 Å². The number of hydrogen-bond acceptors (Lipinski definition) is 7. The molecule has 2 unspecified atom stereocenters. The molecule has 1 aromatic heterocycles. The lowest BCUT2D eigenvalue weighted by Gasteiger charge is -2.19. The molecule has 1 fully saturated rings. The van der Waals surface area contributed by atoms with Gasteiger partial charge in [0.2, 0.25) is 0 Å². The topological polar surface area (TPSA) is 134 Å².